The third-order valence-corrected chi connectivity index (χ3v) is 2.94. The molecule has 4 nitrogen and oxygen atoms in total. The van der Waals surface area contributed by atoms with Crippen molar-refractivity contribution in [1.29, 1.82) is 0 Å². The van der Waals surface area contributed by atoms with Crippen LogP contribution in [0.2, 0.25) is 0 Å². The summed E-state index contributed by atoms with van der Waals surface area (Å²) in [5.41, 5.74) is -0.214. The quantitative estimate of drug-likeness (QED) is 0.840. The Morgan fingerprint density at radius 2 is 2.05 bits per heavy atom. The van der Waals surface area contributed by atoms with Crippen LogP contribution in [0.4, 0.5) is 4.39 Å². The lowest BCUT2D eigenvalue weighted by atomic mass is 9.87. The Labute approximate surface area is 119 Å². The molecule has 112 valence electrons. The molecule has 0 unspecified atom stereocenters. The van der Waals surface area contributed by atoms with Gasteiger partial charge in [0.05, 0.1) is 6.10 Å². The molecule has 0 spiro atoms. The molecule has 20 heavy (non-hydrogen) atoms. The molecule has 0 aromatic heterocycles. The minimum absolute atomic E-state index is 0.0531. The van der Waals surface area contributed by atoms with Gasteiger partial charge in [0.25, 0.3) is 5.91 Å². The molecule has 0 saturated carbocycles. The van der Waals surface area contributed by atoms with Crippen LogP contribution < -0.4 is 10.1 Å². The van der Waals surface area contributed by atoms with Gasteiger partial charge in [-0.1, -0.05) is 32.9 Å². The van der Waals surface area contributed by atoms with Crippen molar-refractivity contribution in [2.75, 3.05) is 13.2 Å². The number of halogens is 1. The van der Waals surface area contributed by atoms with Crippen molar-refractivity contribution in [3.8, 4) is 5.75 Å². The summed E-state index contributed by atoms with van der Waals surface area (Å²) in [7, 11) is 0. The summed E-state index contributed by atoms with van der Waals surface area (Å²) in [4.78, 5) is 11.5. The smallest absolute Gasteiger partial charge is 0.257 e. The Morgan fingerprint density at radius 1 is 1.40 bits per heavy atom. The van der Waals surface area contributed by atoms with Gasteiger partial charge in [0.15, 0.2) is 18.2 Å². The molecule has 0 saturated heterocycles. The first-order valence-corrected chi connectivity index (χ1v) is 6.63. The van der Waals surface area contributed by atoms with Gasteiger partial charge in [-0.15, -0.1) is 0 Å². The van der Waals surface area contributed by atoms with E-state index in [-0.39, 0.29) is 23.7 Å². The number of carbonyl (C=O) groups is 1. The molecular formula is C15H22FNO3. The van der Waals surface area contributed by atoms with Crippen LogP contribution >= 0.6 is 0 Å². The minimum Gasteiger partial charge on any atom is -0.481 e. The van der Waals surface area contributed by atoms with E-state index in [1.165, 1.54) is 12.1 Å². The molecule has 5 heteroatoms. The third-order valence-electron chi connectivity index (χ3n) is 2.94. The van der Waals surface area contributed by atoms with E-state index in [9.17, 15) is 14.3 Å². The van der Waals surface area contributed by atoms with Crippen molar-refractivity contribution >= 4 is 5.91 Å². The highest BCUT2D eigenvalue weighted by Gasteiger charge is 2.21. The summed E-state index contributed by atoms with van der Waals surface area (Å²) < 4.78 is 18.3. The van der Waals surface area contributed by atoms with Gasteiger partial charge >= 0.3 is 0 Å². The van der Waals surface area contributed by atoms with Gasteiger partial charge in [-0.3, -0.25) is 4.79 Å². The molecule has 1 rings (SSSR count). The van der Waals surface area contributed by atoms with E-state index in [4.69, 9.17) is 4.74 Å². The number of aliphatic hydroxyl groups excluding tert-OH is 1. The summed E-state index contributed by atoms with van der Waals surface area (Å²) in [6.45, 7) is 5.91. The lowest BCUT2D eigenvalue weighted by molar-refractivity contribution is -0.123. The number of amides is 1. The number of nitrogens with one attached hydrogen (secondary N) is 1. The molecular weight excluding hydrogens is 261 g/mol. The Kier molecular flexibility index (Phi) is 5.95. The fourth-order valence-electron chi connectivity index (χ4n) is 1.54. The average molecular weight is 283 g/mol. The van der Waals surface area contributed by atoms with Gasteiger partial charge in [-0.2, -0.15) is 0 Å². The third kappa shape index (κ3) is 5.57. The highest BCUT2D eigenvalue weighted by atomic mass is 19.1. The summed E-state index contributed by atoms with van der Waals surface area (Å²) in [5, 5.41) is 12.4. The van der Waals surface area contributed by atoms with Crippen LogP contribution in [0.15, 0.2) is 24.3 Å². The van der Waals surface area contributed by atoms with E-state index in [0.717, 1.165) is 0 Å². The van der Waals surface area contributed by atoms with Gasteiger partial charge in [-0.25, -0.2) is 4.39 Å². The summed E-state index contributed by atoms with van der Waals surface area (Å²) in [6.07, 6.45) is -0.0233. The van der Waals surface area contributed by atoms with Crippen molar-refractivity contribution in [3.05, 3.63) is 30.1 Å². The van der Waals surface area contributed by atoms with Crippen molar-refractivity contribution in [2.24, 2.45) is 5.41 Å². The zero-order chi connectivity index (χ0) is 15.2. The predicted octanol–water partition coefficient (Wildman–Crippen LogP) is 2.12. The van der Waals surface area contributed by atoms with E-state index < -0.39 is 11.9 Å². The van der Waals surface area contributed by atoms with Gasteiger partial charge < -0.3 is 15.2 Å². The Bertz CT molecular complexity index is 443. The predicted molar refractivity (Wildman–Crippen MR) is 75.0 cm³/mol. The van der Waals surface area contributed by atoms with Crippen LogP contribution in [0.1, 0.15) is 27.2 Å². The maximum atomic E-state index is 13.2. The van der Waals surface area contributed by atoms with Gasteiger partial charge in [0, 0.05) is 6.54 Å². The molecule has 0 aliphatic rings. The molecule has 1 atom stereocenters. The first-order chi connectivity index (χ1) is 9.30. The maximum Gasteiger partial charge on any atom is 0.257 e. The molecule has 1 amide bonds. The first-order valence-electron chi connectivity index (χ1n) is 6.63. The fraction of sp³-hybridized carbons (Fsp3) is 0.533. The number of benzene rings is 1. The molecule has 0 fully saturated rings. The summed E-state index contributed by atoms with van der Waals surface area (Å²) in [5.74, 6) is -0.782. The Balaban J connectivity index is 2.26. The monoisotopic (exact) mass is 283 g/mol. The number of hydrogen-bond acceptors (Lipinski definition) is 3. The Hall–Kier alpha value is -1.62. The van der Waals surface area contributed by atoms with Crippen molar-refractivity contribution in [3.63, 3.8) is 0 Å². The Morgan fingerprint density at radius 3 is 2.65 bits per heavy atom. The molecule has 0 bridgehead atoms. The van der Waals surface area contributed by atoms with Gasteiger partial charge in [0.2, 0.25) is 0 Å². The average Bonchev–Trinajstić information content (AvgIpc) is 2.36. The van der Waals surface area contributed by atoms with Crippen molar-refractivity contribution in [2.45, 2.75) is 33.3 Å². The highest BCUT2D eigenvalue weighted by Crippen LogP contribution is 2.20. The SMILES string of the molecule is CC(C)(C)[C@H](O)CCNC(=O)COc1ccccc1F. The second kappa shape index (κ2) is 7.24. The molecule has 0 heterocycles. The minimum atomic E-state index is -0.497. The fourth-order valence-corrected chi connectivity index (χ4v) is 1.54. The van der Waals surface area contributed by atoms with Crippen molar-refractivity contribution in [1.82, 2.24) is 5.32 Å². The summed E-state index contributed by atoms with van der Waals surface area (Å²) >= 11 is 0. The lowest BCUT2D eigenvalue weighted by Gasteiger charge is -2.25. The molecule has 0 aliphatic heterocycles. The topological polar surface area (TPSA) is 58.6 Å². The first kappa shape index (κ1) is 16.4. The number of para-hydroxylation sites is 1. The van der Waals surface area contributed by atoms with Crippen LogP contribution in [0.5, 0.6) is 5.75 Å². The van der Waals surface area contributed by atoms with E-state index in [2.05, 4.69) is 5.32 Å². The molecule has 0 aliphatic carbocycles. The standard InChI is InChI=1S/C15H22FNO3/c1-15(2,3)13(18)8-9-17-14(19)10-20-12-7-5-4-6-11(12)16/h4-7,13,18H,8-10H2,1-3H3,(H,17,19)/t13-/m1/s1. The number of ether oxygens (including phenoxy) is 1. The summed E-state index contributed by atoms with van der Waals surface area (Å²) in [6, 6.07) is 5.92. The van der Waals surface area contributed by atoms with E-state index >= 15 is 0 Å². The van der Waals surface area contributed by atoms with E-state index in [0.29, 0.717) is 13.0 Å². The van der Waals surface area contributed by atoms with Crippen LogP contribution in [0.3, 0.4) is 0 Å². The lowest BCUT2D eigenvalue weighted by Crippen LogP contribution is -2.34. The van der Waals surface area contributed by atoms with Crippen LogP contribution in [0, 0.1) is 11.2 Å². The number of aliphatic hydroxyl groups is 1. The maximum absolute atomic E-state index is 13.2. The van der Waals surface area contributed by atoms with E-state index in [1.807, 2.05) is 20.8 Å². The number of hydrogen-bond donors (Lipinski definition) is 2. The molecule has 1 aromatic rings. The van der Waals surface area contributed by atoms with E-state index in [1.54, 1.807) is 12.1 Å². The largest absolute Gasteiger partial charge is 0.481 e. The van der Waals surface area contributed by atoms with Gasteiger partial charge in [-0.05, 0) is 24.0 Å². The molecule has 0 radical (unpaired) electrons. The normalized spacial score (nSPS) is 12.8. The van der Waals surface area contributed by atoms with Gasteiger partial charge in [0.1, 0.15) is 0 Å². The molecule has 1 aromatic carbocycles. The zero-order valence-electron chi connectivity index (χ0n) is 12.1. The van der Waals surface area contributed by atoms with Crippen LogP contribution in [-0.4, -0.2) is 30.3 Å². The number of carbonyl (C=O) groups excluding carboxylic acids is 1. The van der Waals surface area contributed by atoms with Crippen LogP contribution in [-0.2, 0) is 4.79 Å². The van der Waals surface area contributed by atoms with Crippen LogP contribution in [0.25, 0.3) is 0 Å². The highest BCUT2D eigenvalue weighted by molar-refractivity contribution is 5.77. The second-order valence-electron chi connectivity index (χ2n) is 5.74. The van der Waals surface area contributed by atoms with Crippen molar-refractivity contribution < 1.29 is 19.0 Å². The number of rotatable bonds is 6. The second-order valence-corrected chi connectivity index (χ2v) is 5.74. The zero-order valence-corrected chi connectivity index (χ0v) is 12.1. The molecule has 2 N–H and O–H groups in total.